The number of amides is 1. The van der Waals surface area contributed by atoms with E-state index in [9.17, 15) is 4.79 Å². The summed E-state index contributed by atoms with van der Waals surface area (Å²) in [6.45, 7) is 4.24. The number of ether oxygens (including phenoxy) is 1. The molecule has 1 aliphatic heterocycles. The van der Waals surface area contributed by atoms with Crippen molar-refractivity contribution in [3.05, 3.63) is 42.0 Å². The van der Waals surface area contributed by atoms with Crippen LogP contribution in [0.1, 0.15) is 25.8 Å². The lowest BCUT2D eigenvalue weighted by molar-refractivity contribution is -0.289. The SMILES string of the molecule is CCOC(C)ON1C(=O)CC1C=Cc1ccccc1. The fourth-order valence-corrected chi connectivity index (χ4v) is 1.92. The molecular weight excluding hydrogens is 242 g/mol. The Morgan fingerprint density at radius 2 is 2.16 bits per heavy atom. The van der Waals surface area contributed by atoms with Gasteiger partial charge in [0.2, 0.25) is 5.91 Å². The second-order valence-corrected chi connectivity index (χ2v) is 4.39. The van der Waals surface area contributed by atoms with Gasteiger partial charge >= 0.3 is 0 Å². The van der Waals surface area contributed by atoms with Crippen molar-refractivity contribution in [2.75, 3.05) is 6.61 Å². The third kappa shape index (κ3) is 3.66. The van der Waals surface area contributed by atoms with Gasteiger partial charge in [0.25, 0.3) is 0 Å². The molecule has 4 nitrogen and oxygen atoms in total. The maximum Gasteiger partial charge on any atom is 0.249 e. The van der Waals surface area contributed by atoms with Crippen molar-refractivity contribution in [2.24, 2.45) is 0 Å². The Kier molecular flexibility index (Phi) is 4.71. The zero-order valence-electron chi connectivity index (χ0n) is 11.3. The molecule has 0 spiro atoms. The van der Waals surface area contributed by atoms with Gasteiger partial charge < -0.3 is 4.74 Å². The first-order chi connectivity index (χ1) is 9.20. The van der Waals surface area contributed by atoms with E-state index in [1.54, 1.807) is 6.92 Å². The smallest absolute Gasteiger partial charge is 0.249 e. The molecule has 0 N–H and O–H groups in total. The molecule has 1 amide bonds. The first kappa shape index (κ1) is 13.8. The largest absolute Gasteiger partial charge is 0.351 e. The summed E-state index contributed by atoms with van der Waals surface area (Å²) in [7, 11) is 0. The molecule has 19 heavy (non-hydrogen) atoms. The molecule has 0 radical (unpaired) electrons. The molecule has 1 heterocycles. The van der Waals surface area contributed by atoms with Gasteiger partial charge in [-0.2, -0.15) is 0 Å². The number of benzene rings is 1. The number of carbonyl (C=O) groups excluding carboxylic acids is 1. The highest BCUT2D eigenvalue weighted by atomic mass is 16.8. The Labute approximate surface area is 113 Å². The third-order valence-corrected chi connectivity index (χ3v) is 2.90. The highest BCUT2D eigenvalue weighted by Gasteiger charge is 2.36. The molecule has 1 aliphatic rings. The van der Waals surface area contributed by atoms with Crippen LogP contribution in [0, 0.1) is 0 Å². The van der Waals surface area contributed by atoms with Gasteiger partial charge in [0, 0.05) is 6.61 Å². The van der Waals surface area contributed by atoms with Crippen LogP contribution < -0.4 is 0 Å². The Morgan fingerprint density at radius 1 is 1.42 bits per heavy atom. The van der Waals surface area contributed by atoms with Crippen molar-refractivity contribution in [1.82, 2.24) is 5.06 Å². The first-order valence-electron chi connectivity index (χ1n) is 6.54. The predicted molar refractivity (Wildman–Crippen MR) is 72.9 cm³/mol. The lowest BCUT2D eigenvalue weighted by Gasteiger charge is -2.38. The lowest BCUT2D eigenvalue weighted by atomic mass is 10.0. The third-order valence-electron chi connectivity index (χ3n) is 2.90. The number of nitrogens with zero attached hydrogens (tertiary/aromatic N) is 1. The van der Waals surface area contributed by atoms with Crippen LogP contribution in [0.3, 0.4) is 0 Å². The molecule has 0 bridgehead atoms. The zero-order valence-corrected chi connectivity index (χ0v) is 11.3. The van der Waals surface area contributed by atoms with Crippen molar-refractivity contribution in [1.29, 1.82) is 0 Å². The van der Waals surface area contributed by atoms with Crippen molar-refractivity contribution >= 4 is 12.0 Å². The Morgan fingerprint density at radius 3 is 2.79 bits per heavy atom. The Bertz CT molecular complexity index is 444. The number of β-lactam (4-membered cyclic amide) rings is 1. The van der Waals surface area contributed by atoms with Crippen LogP contribution in [-0.4, -0.2) is 29.9 Å². The highest BCUT2D eigenvalue weighted by Crippen LogP contribution is 2.23. The van der Waals surface area contributed by atoms with Crippen LogP contribution in [0.4, 0.5) is 0 Å². The average molecular weight is 261 g/mol. The summed E-state index contributed by atoms with van der Waals surface area (Å²) in [6.07, 6.45) is 4.07. The van der Waals surface area contributed by atoms with Gasteiger partial charge in [-0.25, -0.2) is 9.90 Å². The number of rotatable bonds is 6. The van der Waals surface area contributed by atoms with Crippen molar-refractivity contribution in [3.63, 3.8) is 0 Å². The summed E-state index contributed by atoms with van der Waals surface area (Å²) in [6, 6.07) is 9.98. The van der Waals surface area contributed by atoms with Gasteiger partial charge in [-0.15, -0.1) is 0 Å². The van der Waals surface area contributed by atoms with Gasteiger partial charge in [0.05, 0.1) is 12.5 Å². The van der Waals surface area contributed by atoms with E-state index >= 15 is 0 Å². The second kappa shape index (κ2) is 6.50. The average Bonchev–Trinajstić information content (AvgIpc) is 2.42. The van der Waals surface area contributed by atoms with E-state index in [2.05, 4.69) is 0 Å². The summed E-state index contributed by atoms with van der Waals surface area (Å²) in [5.41, 5.74) is 1.11. The monoisotopic (exact) mass is 261 g/mol. The van der Waals surface area contributed by atoms with Crippen molar-refractivity contribution in [3.8, 4) is 0 Å². The fourth-order valence-electron chi connectivity index (χ4n) is 1.92. The maximum absolute atomic E-state index is 11.5. The first-order valence-corrected chi connectivity index (χ1v) is 6.54. The van der Waals surface area contributed by atoms with Gasteiger partial charge in [-0.05, 0) is 19.4 Å². The summed E-state index contributed by atoms with van der Waals surface area (Å²) in [4.78, 5) is 17.0. The van der Waals surface area contributed by atoms with Crippen LogP contribution >= 0.6 is 0 Å². The molecule has 2 atom stereocenters. The van der Waals surface area contributed by atoms with Crippen LogP contribution in [0.5, 0.6) is 0 Å². The van der Waals surface area contributed by atoms with Crippen molar-refractivity contribution in [2.45, 2.75) is 32.6 Å². The van der Waals surface area contributed by atoms with E-state index in [0.29, 0.717) is 13.0 Å². The topological polar surface area (TPSA) is 38.8 Å². The fraction of sp³-hybridized carbons (Fsp3) is 0.400. The number of hydrogen-bond acceptors (Lipinski definition) is 3. The zero-order chi connectivity index (χ0) is 13.7. The number of hydrogen-bond donors (Lipinski definition) is 0. The minimum atomic E-state index is -0.401. The minimum absolute atomic E-state index is 0.00406. The maximum atomic E-state index is 11.5. The van der Waals surface area contributed by atoms with Gasteiger partial charge in [0.15, 0.2) is 6.29 Å². The molecule has 0 aliphatic carbocycles. The number of hydroxylamine groups is 2. The normalized spacial score (nSPS) is 20.6. The predicted octanol–water partition coefficient (Wildman–Crippen LogP) is 2.61. The van der Waals surface area contributed by atoms with E-state index in [-0.39, 0.29) is 11.9 Å². The summed E-state index contributed by atoms with van der Waals surface area (Å²) < 4.78 is 5.27. The molecule has 4 heteroatoms. The molecule has 0 aromatic heterocycles. The van der Waals surface area contributed by atoms with Crippen molar-refractivity contribution < 1.29 is 14.4 Å². The van der Waals surface area contributed by atoms with E-state index in [1.807, 2.05) is 49.4 Å². The molecule has 1 fully saturated rings. The van der Waals surface area contributed by atoms with Crippen LogP contribution in [0.15, 0.2) is 36.4 Å². The molecule has 1 aromatic rings. The standard InChI is InChI=1S/C15H19NO3/c1-3-18-12(2)19-16-14(11-15(16)17)10-9-13-7-5-4-6-8-13/h4-10,12,14H,3,11H2,1-2H3. The van der Waals surface area contributed by atoms with Crippen LogP contribution in [0.2, 0.25) is 0 Å². The number of carbonyl (C=O) groups is 1. The van der Waals surface area contributed by atoms with Crippen LogP contribution in [0.25, 0.3) is 6.08 Å². The second-order valence-electron chi connectivity index (χ2n) is 4.39. The molecule has 1 aromatic carbocycles. The Balaban J connectivity index is 1.90. The molecule has 102 valence electrons. The lowest BCUT2D eigenvalue weighted by Crippen LogP contribution is -2.52. The quantitative estimate of drug-likeness (QED) is 0.583. The van der Waals surface area contributed by atoms with E-state index in [4.69, 9.17) is 9.57 Å². The Hall–Kier alpha value is -1.65. The molecule has 2 rings (SSSR count). The van der Waals surface area contributed by atoms with Gasteiger partial charge in [-0.3, -0.25) is 4.79 Å². The summed E-state index contributed by atoms with van der Waals surface area (Å²) in [5, 5.41) is 1.39. The van der Waals surface area contributed by atoms with E-state index in [0.717, 1.165) is 5.56 Å². The summed E-state index contributed by atoms with van der Waals surface area (Å²) >= 11 is 0. The minimum Gasteiger partial charge on any atom is -0.351 e. The molecule has 0 saturated carbocycles. The van der Waals surface area contributed by atoms with Crippen LogP contribution in [-0.2, 0) is 14.4 Å². The van der Waals surface area contributed by atoms with Gasteiger partial charge in [0.1, 0.15) is 0 Å². The molecule has 1 saturated heterocycles. The van der Waals surface area contributed by atoms with E-state index in [1.165, 1.54) is 5.06 Å². The summed E-state index contributed by atoms with van der Waals surface area (Å²) in [5.74, 6) is -0.00531. The van der Waals surface area contributed by atoms with Gasteiger partial charge in [-0.1, -0.05) is 42.5 Å². The highest BCUT2D eigenvalue weighted by molar-refractivity contribution is 5.83. The van der Waals surface area contributed by atoms with E-state index < -0.39 is 6.29 Å². The molecular formula is C15H19NO3. The molecule has 2 unspecified atom stereocenters.